The molecular weight excluding hydrogens is 284 g/mol. The number of rotatable bonds is 5. The summed E-state index contributed by atoms with van der Waals surface area (Å²) in [5, 5.41) is 8.93. The normalized spacial score (nSPS) is 19.9. The Bertz CT molecular complexity index is 587. The van der Waals surface area contributed by atoms with E-state index in [0.717, 1.165) is 25.5 Å². The van der Waals surface area contributed by atoms with Gasteiger partial charge in [-0.3, -0.25) is 0 Å². The van der Waals surface area contributed by atoms with Gasteiger partial charge in [0.2, 0.25) is 10.0 Å². The molecule has 2 heterocycles. The van der Waals surface area contributed by atoms with Crippen LogP contribution >= 0.6 is 0 Å². The van der Waals surface area contributed by atoms with Gasteiger partial charge in [-0.15, -0.1) is 0 Å². The summed E-state index contributed by atoms with van der Waals surface area (Å²) in [6.07, 6.45) is 3.15. The number of ether oxygens (including phenoxy) is 1. The Balaban J connectivity index is 2.06. The minimum Gasteiger partial charge on any atom is -0.477 e. The Kier molecular flexibility index (Phi) is 4.46. The summed E-state index contributed by atoms with van der Waals surface area (Å²) in [5.74, 6) is -0.990. The number of carboxylic acids is 1. The molecule has 2 N–H and O–H groups in total. The zero-order valence-electron chi connectivity index (χ0n) is 11.2. The predicted octanol–water partition coefficient (Wildman–Crippen LogP) is 0.428. The molecule has 1 unspecified atom stereocenters. The fourth-order valence-electron chi connectivity index (χ4n) is 2.17. The maximum atomic E-state index is 12.1. The van der Waals surface area contributed by atoms with E-state index in [1.807, 2.05) is 0 Å². The smallest absolute Gasteiger partial charge is 0.352 e. The average molecular weight is 302 g/mol. The summed E-state index contributed by atoms with van der Waals surface area (Å²) in [6.45, 7) is 1.58. The Labute approximate surface area is 117 Å². The van der Waals surface area contributed by atoms with Crippen LogP contribution in [0.1, 0.15) is 23.3 Å². The molecule has 1 fully saturated rings. The highest BCUT2D eigenvalue weighted by atomic mass is 32.2. The summed E-state index contributed by atoms with van der Waals surface area (Å²) < 4.78 is 33.3. The maximum absolute atomic E-state index is 12.1. The van der Waals surface area contributed by atoms with Crippen LogP contribution in [0.2, 0.25) is 0 Å². The molecule has 0 spiro atoms. The second-order valence-electron chi connectivity index (χ2n) is 4.91. The lowest BCUT2D eigenvalue weighted by atomic mass is 10.0. The van der Waals surface area contributed by atoms with Crippen molar-refractivity contribution in [2.75, 3.05) is 19.8 Å². The number of sulfonamides is 1. The highest BCUT2D eigenvalue weighted by molar-refractivity contribution is 7.89. The number of nitrogens with one attached hydrogen (secondary N) is 1. The van der Waals surface area contributed by atoms with Crippen molar-refractivity contribution in [1.82, 2.24) is 9.29 Å². The van der Waals surface area contributed by atoms with Gasteiger partial charge in [-0.1, -0.05) is 0 Å². The van der Waals surface area contributed by atoms with Gasteiger partial charge in [0.1, 0.15) is 10.6 Å². The molecule has 1 atom stereocenters. The molecule has 0 aromatic carbocycles. The van der Waals surface area contributed by atoms with Gasteiger partial charge in [-0.25, -0.2) is 17.9 Å². The van der Waals surface area contributed by atoms with E-state index in [4.69, 9.17) is 9.84 Å². The van der Waals surface area contributed by atoms with Crippen LogP contribution in [0.4, 0.5) is 0 Å². The lowest BCUT2D eigenvalue weighted by molar-refractivity contribution is 0.0568. The van der Waals surface area contributed by atoms with E-state index < -0.39 is 16.0 Å². The number of carbonyl (C=O) groups is 1. The molecule has 0 saturated carbocycles. The van der Waals surface area contributed by atoms with E-state index in [-0.39, 0.29) is 16.5 Å². The zero-order valence-corrected chi connectivity index (χ0v) is 12.0. The molecule has 1 saturated heterocycles. The van der Waals surface area contributed by atoms with Crippen molar-refractivity contribution in [2.45, 2.75) is 17.7 Å². The topological polar surface area (TPSA) is 97.6 Å². The van der Waals surface area contributed by atoms with Crippen molar-refractivity contribution in [1.29, 1.82) is 0 Å². The van der Waals surface area contributed by atoms with Gasteiger partial charge in [-0.2, -0.15) is 0 Å². The first-order chi connectivity index (χ1) is 9.40. The second kappa shape index (κ2) is 5.94. The number of aryl methyl sites for hydroxylation is 1. The van der Waals surface area contributed by atoms with Gasteiger partial charge in [0.25, 0.3) is 0 Å². The van der Waals surface area contributed by atoms with Crippen molar-refractivity contribution < 1.29 is 23.1 Å². The molecule has 1 aliphatic heterocycles. The van der Waals surface area contributed by atoms with E-state index in [0.29, 0.717) is 13.2 Å². The summed E-state index contributed by atoms with van der Waals surface area (Å²) in [4.78, 5) is 10.9. The van der Waals surface area contributed by atoms with Crippen molar-refractivity contribution in [3.05, 3.63) is 18.0 Å². The summed E-state index contributed by atoms with van der Waals surface area (Å²) in [6, 6.07) is 1.15. The van der Waals surface area contributed by atoms with Crippen molar-refractivity contribution in [3.8, 4) is 0 Å². The molecule has 112 valence electrons. The van der Waals surface area contributed by atoms with Crippen LogP contribution in [-0.4, -0.2) is 43.8 Å². The SMILES string of the molecule is Cn1cc(S(=O)(=O)NCC2CCCOC2)cc1C(=O)O. The van der Waals surface area contributed by atoms with Gasteiger partial charge >= 0.3 is 5.97 Å². The predicted molar refractivity (Wildman–Crippen MR) is 71.1 cm³/mol. The molecule has 1 aromatic heterocycles. The van der Waals surface area contributed by atoms with Crippen LogP contribution in [0, 0.1) is 5.92 Å². The molecular formula is C12H18N2O5S. The van der Waals surface area contributed by atoms with Crippen LogP contribution in [0.5, 0.6) is 0 Å². The third-order valence-corrected chi connectivity index (χ3v) is 4.72. The quantitative estimate of drug-likeness (QED) is 0.822. The molecule has 0 radical (unpaired) electrons. The third kappa shape index (κ3) is 3.38. The van der Waals surface area contributed by atoms with Crippen LogP contribution in [0.15, 0.2) is 17.2 Å². The summed E-state index contributed by atoms with van der Waals surface area (Å²) in [5.41, 5.74) is -0.0635. The van der Waals surface area contributed by atoms with E-state index in [1.165, 1.54) is 17.8 Å². The fraction of sp³-hybridized carbons (Fsp3) is 0.583. The zero-order chi connectivity index (χ0) is 14.8. The summed E-state index contributed by atoms with van der Waals surface area (Å²) >= 11 is 0. The van der Waals surface area contributed by atoms with Gasteiger partial charge in [0.05, 0.1) is 6.61 Å². The van der Waals surface area contributed by atoms with E-state index in [9.17, 15) is 13.2 Å². The molecule has 0 bridgehead atoms. The minimum absolute atomic E-state index is 0.0332. The molecule has 20 heavy (non-hydrogen) atoms. The second-order valence-corrected chi connectivity index (χ2v) is 6.68. The number of aromatic carboxylic acids is 1. The highest BCUT2D eigenvalue weighted by Gasteiger charge is 2.22. The molecule has 7 nitrogen and oxygen atoms in total. The van der Waals surface area contributed by atoms with E-state index in [2.05, 4.69) is 4.72 Å². The number of hydrogen-bond acceptors (Lipinski definition) is 4. The van der Waals surface area contributed by atoms with Gasteiger partial charge in [0.15, 0.2) is 0 Å². The van der Waals surface area contributed by atoms with Crippen LogP contribution < -0.4 is 4.72 Å². The van der Waals surface area contributed by atoms with Crippen LogP contribution in [0.3, 0.4) is 0 Å². The first-order valence-corrected chi connectivity index (χ1v) is 7.85. The average Bonchev–Trinajstić information content (AvgIpc) is 2.81. The van der Waals surface area contributed by atoms with E-state index in [1.54, 1.807) is 0 Å². The molecule has 1 aromatic rings. The Morgan fingerprint density at radius 2 is 2.35 bits per heavy atom. The maximum Gasteiger partial charge on any atom is 0.352 e. The van der Waals surface area contributed by atoms with Crippen molar-refractivity contribution in [2.24, 2.45) is 13.0 Å². The molecule has 8 heteroatoms. The Hall–Kier alpha value is -1.38. The third-order valence-electron chi connectivity index (χ3n) is 3.33. The van der Waals surface area contributed by atoms with Gasteiger partial charge in [0, 0.05) is 26.4 Å². The Morgan fingerprint density at radius 1 is 1.60 bits per heavy atom. The van der Waals surface area contributed by atoms with Crippen molar-refractivity contribution >= 4 is 16.0 Å². The lowest BCUT2D eigenvalue weighted by Crippen LogP contribution is -2.33. The minimum atomic E-state index is -3.68. The van der Waals surface area contributed by atoms with Crippen LogP contribution in [0.25, 0.3) is 0 Å². The first kappa shape index (κ1) is 15.0. The van der Waals surface area contributed by atoms with Crippen molar-refractivity contribution in [3.63, 3.8) is 0 Å². The van der Waals surface area contributed by atoms with Crippen LogP contribution in [-0.2, 0) is 21.8 Å². The standard InChI is InChI=1S/C12H18N2O5S/c1-14-7-10(5-11(14)12(15)16)20(17,18)13-6-9-3-2-4-19-8-9/h5,7,9,13H,2-4,6,8H2,1H3,(H,15,16). The highest BCUT2D eigenvalue weighted by Crippen LogP contribution is 2.16. The van der Waals surface area contributed by atoms with Gasteiger partial charge in [-0.05, 0) is 24.8 Å². The molecule has 1 aliphatic rings. The van der Waals surface area contributed by atoms with Gasteiger partial charge < -0.3 is 14.4 Å². The largest absolute Gasteiger partial charge is 0.477 e. The molecule has 2 rings (SSSR count). The van der Waals surface area contributed by atoms with E-state index >= 15 is 0 Å². The lowest BCUT2D eigenvalue weighted by Gasteiger charge is -2.21. The first-order valence-electron chi connectivity index (χ1n) is 6.37. The molecule has 0 amide bonds. The molecule has 0 aliphatic carbocycles. The number of carboxylic acid groups (broad SMARTS) is 1. The number of aromatic nitrogens is 1. The monoisotopic (exact) mass is 302 g/mol. The fourth-order valence-corrected chi connectivity index (χ4v) is 3.36. The summed E-state index contributed by atoms with van der Waals surface area (Å²) in [7, 11) is -2.19. The Morgan fingerprint density at radius 3 is 2.90 bits per heavy atom. The number of hydrogen-bond donors (Lipinski definition) is 2. The number of nitrogens with zero attached hydrogens (tertiary/aromatic N) is 1.